The normalized spacial score (nSPS) is 12.8. The minimum absolute atomic E-state index is 0.0614. The Morgan fingerprint density at radius 3 is 2.52 bits per heavy atom. The van der Waals surface area contributed by atoms with Crippen LogP contribution in [0.5, 0.6) is 0 Å². The molecule has 0 fully saturated rings. The number of ether oxygens (including phenoxy) is 1. The molecular weight excluding hydrogens is 388 g/mol. The molecule has 0 aliphatic heterocycles. The van der Waals surface area contributed by atoms with E-state index in [1.54, 1.807) is 0 Å². The molecule has 154 valence electrons. The van der Waals surface area contributed by atoms with Crippen LogP contribution in [-0.2, 0) is 4.74 Å². The van der Waals surface area contributed by atoms with Crippen LogP contribution in [0.1, 0.15) is 28.5 Å². The third-order valence-corrected chi connectivity index (χ3v) is 5.54. The van der Waals surface area contributed by atoms with Crippen molar-refractivity contribution >= 4 is 23.3 Å². The second kappa shape index (κ2) is 8.11. The summed E-state index contributed by atoms with van der Waals surface area (Å²) >= 11 is 0. The molecule has 1 aliphatic rings. The van der Waals surface area contributed by atoms with Gasteiger partial charge in [-0.3, -0.25) is 0 Å². The Kier molecular flexibility index (Phi) is 5.00. The van der Waals surface area contributed by atoms with Crippen LogP contribution in [0.15, 0.2) is 77.2 Å². The number of aryl methyl sites for hydroxylation is 1. The molecule has 0 saturated carbocycles. The van der Waals surface area contributed by atoms with Crippen LogP contribution in [0.3, 0.4) is 0 Å². The fourth-order valence-electron chi connectivity index (χ4n) is 4.15. The highest BCUT2D eigenvalue weighted by molar-refractivity contribution is 5.79. The van der Waals surface area contributed by atoms with Crippen molar-refractivity contribution in [3.8, 4) is 11.1 Å². The third-order valence-electron chi connectivity index (χ3n) is 5.54. The van der Waals surface area contributed by atoms with Crippen LogP contribution >= 0.6 is 0 Å². The van der Waals surface area contributed by atoms with Gasteiger partial charge in [0.05, 0.1) is 0 Å². The maximum atomic E-state index is 12.2. The van der Waals surface area contributed by atoms with E-state index in [0.717, 1.165) is 16.7 Å². The average Bonchev–Trinajstić information content (AvgIpc) is 3.32. The highest BCUT2D eigenvalue weighted by Crippen LogP contribution is 2.44. The van der Waals surface area contributed by atoms with E-state index < -0.39 is 6.09 Å². The zero-order valence-corrected chi connectivity index (χ0v) is 17.2. The van der Waals surface area contributed by atoms with Gasteiger partial charge in [0.1, 0.15) is 12.1 Å². The second-order valence-corrected chi connectivity index (χ2v) is 7.57. The fourth-order valence-corrected chi connectivity index (χ4v) is 4.15. The van der Waals surface area contributed by atoms with E-state index in [2.05, 4.69) is 34.6 Å². The third kappa shape index (κ3) is 3.82. The summed E-state index contributed by atoms with van der Waals surface area (Å²) in [4.78, 5) is 16.6. The van der Waals surface area contributed by atoms with Gasteiger partial charge in [-0.1, -0.05) is 66.7 Å². The van der Waals surface area contributed by atoms with E-state index in [1.807, 2.05) is 61.5 Å². The molecule has 0 radical (unpaired) electrons. The van der Waals surface area contributed by atoms with Gasteiger partial charge in [0.25, 0.3) is 0 Å². The highest BCUT2D eigenvalue weighted by atomic mass is 16.5. The molecule has 1 aromatic heterocycles. The topological polar surface area (TPSA) is 64.4 Å². The van der Waals surface area contributed by atoms with E-state index in [0.29, 0.717) is 19.0 Å². The van der Waals surface area contributed by atoms with Crippen LogP contribution < -0.4 is 5.32 Å². The van der Waals surface area contributed by atoms with Crippen LogP contribution in [-0.4, -0.2) is 24.2 Å². The summed E-state index contributed by atoms with van der Waals surface area (Å²) in [6, 6.07) is 22.4. The SMILES string of the molecule is Cc1nc2cc(C=CCNC(=O)OCC3c4ccccc4-c4ccccc43)ccc2o1. The first-order chi connectivity index (χ1) is 15.2. The first kappa shape index (κ1) is 19.1. The smallest absolute Gasteiger partial charge is 0.407 e. The largest absolute Gasteiger partial charge is 0.449 e. The van der Waals surface area contributed by atoms with Crippen LogP contribution in [0, 0.1) is 6.92 Å². The molecular formula is C26H22N2O3. The van der Waals surface area contributed by atoms with Gasteiger partial charge in [-0.15, -0.1) is 0 Å². The minimum Gasteiger partial charge on any atom is -0.449 e. The summed E-state index contributed by atoms with van der Waals surface area (Å²) in [6.07, 6.45) is 3.40. The zero-order valence-electron chi connectivity index (χ0n) is 17.2. The van der Waals surface area contributed by atoms with E-state index in [4.69, 9.17) is 9.15 Å². The number of alkyl carbamates (subject to hydrolysis) is 1. The molecule has 5 rings (SSSR count). The number of amides is 1. The number of nitrogens with one attached hydrogen (secondary N) is 1. The van der Waals surface area contributed by atoms with Crippen molar-refractivity contribution in [2.24, 2.45) is 0 Å². The Labute approximate surface area is 180 Å². The fraction of sp³-hybridized carbons (Fsp3) is 0.154. The van der Waals surface area contributed by atoms with E-state index in [-0.39, 0.29) is 5.92 Å². The van der Waals surface area contributed by atoms with Crippen molar-refractivity contribution in [2.45, 2.75) is 12.8 Å². The van der Waals surface area contributed by atoms with Gasteiger partial charge < -0.3 is 14.5 Å². The molecule has 3 aromatic carbocycles. The van der Waals surface area contributed by atoms with Gasteiger partial charge in [0, 0.05) is 19.4 Å². The molecule has 0 unspecified atom stereocenters. The van der Waals surface area contributed by atoms with E-state index in [1.165, 1.54) is 22.3 Å². The summed E-state index contributed by atoms with van der Waals surface area (Å²) < 4.78 is 11.0. The molecule has 5 heteroatoms. The number of aromatic nitrogens is 1. The van der Waals surface area contributed by atoms with Gasteiger partial charge in [-0.05, 0) is 39.9 Å². The number of hydrogen-bond donors (Lipinski definition) is 1. The van der Waals surface area contributed by atoms with Crippen molar-refractivity contribution in [1.82, 2.24) is 10.3 Å². The molecule has 31 heavy (non-hydrogen) atoms. The summed E-state index contributed by atoms with van der Waals surface area (Å²) in [5.74, 6) is 0.708. The zero-order chi connectivity index (χ0) is 21.2. The van der Waals surface area contributed by atoms with E-state index >= 15 is 0 Å². The number of oxazole rings is 1. The van der Waals surface area contributed by atoms with Gasteiger partial charge in [0.15, 0.2) is 11.5 Å². The first-order valence-electron chi connectivity index (χ1n) is 10.3. The monoisotopic (exact) mass is 410 g/mol. The van der Waals surface area contributed by atoms with Crippen LogP contribution in [0.4, 0.5) is 4.79 Å². The van der Waals surface area contributed by atoms with Crippen molar-refractivity contribution in [1.29, 1.82) is 0 Å². The molecule has 1 N–H and O–H groups in total. The van der Waals surface area contributed by atoms with Crippen molar-refractivity contribution < 1.29 is 13.9 Å². The summed E-state index contributed by atoms with van der Waals surface area (Å²) in [7, 11) is 0. The lowest BCUT2D eigenvalue weighted by Gasteiger charge is -2.14. The predicted octanol–water partition coefficient (Wildman–Crippen LogP) is 5.69. The van der Waals surface area contributed by atoms with Gasteiger partial charge >= 0.3 is 6.09 Å². The Morgan fingerprint density at radius 2 is 1.77 bits per heavy atom. The average molecular weight is 410 g/mol. The number of hydrogen-bond acceptors (Lipinski definition) is 4. The van der Waals surface area contributed by atoms with Crippen molar-refractivity contribution in [3.63, 3.8) is 0 Å². The van der Waals surface area contributed by atoms with Crippen molar-refractivity contribution in [3.05, 3.63) is 95.4 Å². The lowest BCUT2D eigenvalue weighted by molar-refractivity contribution is 0.144. The number of benzene rings is 3. The van der Waals surface area contributed by atoms with Gasteiger partial charge in [0.2, 0.25) is 0 Å². The second-order valence-electron chi connectivity index (χ2n) is 7.57. The lowest BCUT2D eigenvalue weighted by Crippen LogP contribution is -2.26. The Balaban J connectivity index is 1.17. The molecule has 5 nitrogen and oxygen atoms in total. The summed E-state index contributed by atoms with van der Waals surface area (Å²) in [6.45, 7) is 2.52. The molecule has 1 heterocycles. The number of fused-ring (bicyclic) bond motifs is 4. The highest BCUT2D eigenvalue weighted by Gasteiger charge is 2.28. The lowest BCUT2D eigenvalue weighted by atomic mass is 9.98. The first-order valence-corrected chi connectivity index (χ1v) is 10.3. The number of carbonyl (C=O) groups excluding carboxylic acids is 1. The molecule has 4 aromatic rings. The number of rotatable bonds is 5. The maximum Gasteiger partial charge on any atom is 0.407 e. The standard InChI is InChI=1S/C26H22N2O3/c1-17-28-24-15-18(12-13-25(24)31-17)7-6-14-27-26(29)30-16-23-21-10-4-2-8-19(21)20-9-3-5-11-22(20)23/h2-13,15,23H,14,16H2,1H3,(H,27,29). The van der Waals surface area contributed by atoms with Gasteiger partial charge in [-0.25, -0.2) is 9.78 Å². The Bertz CT molecular complexity index is 1240. The number of nitrogens with zero attached hydrogens (tertiary/aromatic N) is 1. The summed E-state index contributed by atoms with van der Waals surface area (Å²) in [5.41, 5.74) is 7.43. The van der Waals surface area contributed by atoms with Crippen molar-refractivity contribution in [2.75, 3.05) is 13.2 Å². The minimum atomic E-state index is -0.422. The predicted molar refractivity (Wildman–Crippen MR) is 121 cm³/mol. The van der Waals surface area contributed by atoms with Gasteiger partial charge in [-0.2, -0.15) is 0 Å². The molecule has 0 saturated heterocycles. The molecule has 0 atom stereocenters. The Morgan fingerprint density at radius 1 is 1.06 bits per heavy atom. The molecule has 1 amide bonds. The maximum absolute atomic E-state index is 12.2. The quantitative estimate of drug-likeness (QED) is 0.459. The summed E-state index contributed by atoms with van der Waals surface area (Å²) in [5, 5.41) is 2.78. The Hall–Kier alpha value is -3.86. The van der Waals surface area contributed by atoms with E-state index in [9.17, 15) is 4.79 Å². The van der Waals surface area contributed by atoms with Crippen LogP contribution in [0.25, 0.3) is 28.3 Å². The molecule has 0 spiro atoms. The number of carbonyl (C=O) groups is 1. The molecule has 1 aliphatic carbocycles. The van der Waals surface area contributed by atoms with Crippen LogP contribution in [0.2, 0.25) is 0 Å². The molecule has 0 bridgehead atoms.